The van der Waals surface area contributed by atoms with Gasteiger partial charge >= 0.3 is 0 Å². The molecule has 2 N–H and O–H groups in total. The van der Waals surface area contributed by atoms with Gasteiger partial charge in [-0.25, -0.2) is 0 Å². The Morgan fingerprint density at radius 2 is 1.75 bits per heavy atom. The second-order valence-electron chi connectivity index (χ2n) is 10.5. The van der Waals surface area contributed by atoms with E-state index in [1.165, 1.54) is 19.3 Å². The highest BCUT2D eigenvalue weighted by Crippen LogP contribution is 2.55. The zero-order valence-electron chi connectivity index (χ0n) is 17.5. The van der Waals surface area contributed by atoms with Crippen molar-refractivity contribution in [3.05, 3.63) is 17.5 Å². The van der Waals surface area contributed by atoms with Gasteiger partial charge in [-0.1, -0.05) is 19.0 Å². The average molecular weight is 388 g/mol. The summed E-state index contributed by atoms with van der Waals surface area (Å²) in [7, 11) is 0. The van der Waals surface area contributed by atoms with Crippen LogP contribution in [0.15, 0.2) is 10.6 Å². The molecule has 4 fully saturated rings. The quantitative estimate of drug-likeness (QED) is 0.778. The number of nitrogens with zero attached hydrogens (tertiary/aromatic N) is 1. The summed E-state index contributed by atoms with van der Waals surface area (Å²) in [6.07, 6.45) is 7.72. The van der Waals surface area contributed by atoms with Crippen LogP contribution in [-0.2, 0) is 4.79 Å². The van der Waals surface area contributed by atoms with E-state index in [1.807, 2.05) is 27.7 Å². The second-order valence-corrected chi connectivity index (χ2v) is 10.5. The summed E-state index contributed by atoms with van der Waals surface area (Å²) >= 11 is 0. The lowest BCUT2D eigenvalue weighted by Crippen LogP contribution is -2.60. The Hall–Kier alpha value is -1.85. The van der Waals surface area contributed by atoms with Gasteiger partial charge < -0.3 is 15.2 Å². The Morgan fingerprint density at radius 3 is 2.25 bits per heavy atom. The lowest BCUT2D eigenvalue weighted by molar-refractivity contribution is -0.127. The Kier molecular flexibility index (Phi) is 4.79. The third-order valence-corrected chi connectivity index (χ3v) is 6.83. The van der Waals surface area contributed by atoms with Gasteiger partial charge in [0, 0.05) is 29.5 Å². The zero-order chi connectivity index (χ0) is 20.1. The molecular formula is C22H33N3O3. The van der Waals surface area contributed by atoms with Crippen molar-refractivity contribution in [2.75, 3.05) is 0 Å². The minimum absolute atomic E-state index is 0.00417. The van der Waals surface area contributed by atoms with Gasteiger partial charge in [-0.05, 0) is 70.1 Å². The van der Waals surface area contributed by atoms with Gasteiger partial charge in [0.2, 0.25) is 5.91 Å². The van der Waals surface area contributed by atoms with E-state index < -0.39 is 5.54 Å². The van der Waals surface area contributed by atoms with Crippen LogP contribution in [0.1, 0.15) is 94.8 Å². The van der Waals surface area contributed by atoms with Crippen molar-refractivity contribution in [2.24, 2.45) is 17.8 Å². The average Bonchev–Trinajstić information content (AvgIpc) is 3.01. The lowest BCUT2D eigenvalue weighted by Gasteiger charge is -2.57. The molecule has 1 aromatic rings. The van der Waals surface area contributed by atoms with Crippen LogP contribution in [0.3, 0.4) is 0 Å². The van der Waals surface area contributed by atoms with Crippen LogP contribution >= 0.6 is 0 Å². The van der Waals surface area contributed by atoms with Gasteiger partial charge in [-0.3, -0.25) is 9.59 Å². The number of hydrogen-bond acceptors (Lipinski definition) is 4. The molecule has 0 spiro atoms. The minimum atomic E-state index is -0.652. The molecule has 4 aliphatic rings. The topological polar surface area (TPSA) is 84.2 Å². The number of carbonyl (C=O) groups excluding carboxylic acids is 2. The SMILES string of the molecule is CC(C)c1cc(C(=O)NC(C)(C)CC(=O)NC23CC4CC(CC(C4)C2)C3)no1. The summed E-state index contributed by atoms with van der Waals surface area (Å²) in [6.45, 7) is 7.74. The molecule has 0 radical (unpaired) electrons. The maximum absolute atomic E-state index is 12.9. The number of amides is 2. The molecule has 0 saturated heterocycles. The van der Waals surface area contributed by atoms with E-state index in [0.717, 1.165) is 37.0 Å². The molecular weight excluding hydrogens is 354 g/mol. The van der Waals surface area contributed by atoms with Gasteiger partial charge in [0.25, 0.3) is 5.91 Å². The van der Waals surface area contributed by atoms with E-state index in [4.69, 9.17) is 4.52 Å². The van der Waals surface area contributed by atoms with Gasteiger partial charge in [-0.2, -0.15) is 0 Å². The van der Waals surface area contributed by atoms with Crippen molar-refractivity contribution < 1.29 is 14.1 Å². The zero-order valence-corrected chi connectivity index (χ0v) is 17.5. The monoisotopic (exact) mass is 387 g/mol. The molecule has 6 nitrogen and oxygen atoms in total. The Balaban J connectivity index is 1.35. The number of rotatable bonds is 6. The second kappa shape index (κ2) is 6.89. The first kappa shape index (κ1) is 19.5. The van der Waals surface area contributed by atoms with Gasteiger partial charge in [-0.15, -0.1) is 0 Å². The maximum Gasteiger partial charge on any atom is 0.273 e. The largest absolute Gasteiger partial charge is 0.360 e. The van der Waals surface area contributed by atoms with Crippen molar-refractivity contribution in [2.45, 2.75) is 89.6 Å². The van der Waals surface area contributed by atoms with E-state index >= 15 is 0 Å². The fourth-order valence-electron chi connectivity index (χ4n) is 6.09. The van der Waals surface area contributed by atoms with Crippen molar-refractivity contribution in [1.82, 2.24) is 15.8 Å². The number of hydrogen-bond donors (Lipinski definition) is 2. The van der Waals surface area contributed by atoms with E-state index in [0.29, 0.717) is 5.76 Å². The molecule has 5 rings (SSSR count). The van der Waals surface area contributed by atoms with Gasteiger partial charge in [0.05, 0.1) is 0 Å². The highest BCUT2D eigenvalue weighted by molar-refractivity contribution is 5.93. The number of aromatic nitrogens is 1. The minimum Gasteiger partial charge on any atom is -0.360 e. The number of carbonyl (C=O) groups is 2. The van der Waals surface area contributed by atoms with Crippen LogP contribution in [0, 0.1) is 17.8 Å². The Labute approximate surface area is 167 Å². The lowest BCUT2D eigenvalue weighted by atomic mass is 9.53. The molecule has 0 atom stereocenters. The van der Waals surface area contributed by atoms with Crippen LogP contribution < -0.4 is 10.6 Å². The smallest absolute Gasteiger partial charge is 0.273 e. The fourth-order valence-corrected chi connectivity index (χ4v) is 6.09. The summed E-state index contributed by atoms with van der Waals surface area (Å²) < 4.78 is 5.21. The predicted molar refractivity (Wildman–Crippen MR) is 106 cm³/mol. The molecule has 6 heteroatoms. The van der Waals surface area contributed by atoms with Gasteiger partial charge in [0.1, 0.15) is 5.76 Å². The summed E-state index contributed by atoms with van der Waals surface area (Å²) in [5.41, 5.74) is -0.386. The van der Waals surface area contributed by atoms with Crippen LogP contribution in [0.25, 0.3) is 0 Å². The molecule has 0 aliphatic heterocycles. The molecule has 28 heavy (non-hydrogen) atoms. The van der Waals surface area contributed by atoms with Crippen molar-refractivity contribution in [3.8, 4) is 0 Å². The summed E-state index contributed by atoms with van der Waals surface area (Å²) in [5, 5.41) is 10.2. The summed E-state index contributed by atoms with van der Waals surface area (Å²) in [5.74, 6) is 2.97. The van der Waals surface area contributed by atoms with Gasteiger partial charge in [0.15, 0.2) is 5.69 Å². The van der Waals surface area contributed by atoms with Crippen LogP contribution in [-0.4, -0.2) is 28.0 Å². The van der Waals surface area contributed by atoms with E-state index in [1.54, 1.807) is 6.07 Å². The molecule has 1 aromatic heterocycles. The normalized spacial score (nSPS) is 31.2. The van der Waals surface area contributed by atoms with Crippen LogP contribution in [0.4, 0.5) is 0 Å². The van der Waals surface area contributed by atoms with Crippen molar-refractivity contribution >= 4 is 11.8 Å². The Bertz CT molecular complexity index is 730. The standard InChI is InChI=1S/C22H33N3O3/c1-13(2)18-8-17(25-28-18)20(27)24-21(3,4)12-19(26)23-22-9-14-5-15(10-22)7-16(6-14)11-22/h8,13-16H,5-7,9-12H2,1-4H3,(H,23,26)(H,24,27). The third kappa shape index (κ3) is 3.96. The molecule has 1 heterocycles. The van der Waals surface area contributed by atoms with Crippen LogP contribution in [0.5, 0.6) is 0 Å². The molecule has 154 valence electrons. The van der Waals surface area contributed by atoms with E-state index in [9.17, 15) is 9.59 Å². The first-order valence-corrected chi connectivity index (χ1v) is 10.7. The van der Waals surface area contributed by atoms with E-state index in [-0.39, 0.29) is 35.4 Å². The molecule has 4 saturated carbocycles. The molecule has 4 aliphatic carbocycles. The molecule has 2 amide bonds. The molecule has 4 bridgehead atoms. The fraction of sp³-hybridized carbons (Fsp3) is 0.773. The highest BCUT2D eigenvalue weighted by atomic mass is 16.5. The Morgan fingerprint density at radius 1 is 1.18 bits per heavy atom. The summed E-state index contributed by atoms with van der Waals surface area (Å²) in [6, 6.07) is 1.67. The third-order valence-electron chi connectivity index (χ3n) is 6.83. The van der Waals surface area contributed by atoms with E-state index in [2.05, 4.69) is 15.8 Å². The summed E-state index contributed by atoms with van der Waals surface area (Å²) in [4.78, 5) is 25.4. The van der Waals surface area contributed by atoms with Crippen LogP contribution in [0.2, 0.25) is 0 Å². The first-order chi connectivity index (χ1) is 13.1. The number of nitrogens with one attached hydrogen (secondary N) is 2. The maximum atomic E-state index is 12.9. The van der Waals surface area contributed by atoms with Crippen molar-refractivity contribution in [3.63, 3.8) is 0 Å². The molecule has 0 aromatic carbocycles. The van der Waals surface area contributed by atoms with Crippen molar-refractivity contribution in [1.29, 1.82) is 0 Å². The first-order valence-electron chi connectivity index (χ1n) is 10.7. The predicted octanol–water partition coefficient (Wildman–Crippen LogP) is 3.78. The highest BCUT2D eigenvalue weighted by Gasteiger charge is 2.51. The molecule has 0 unspecified atom stereocenters.